The van der Waals surface area contributed by atoms with Crippen LogP contribution < -0.4 is 5.73 Å². The fraction of sp³-hybridized carbons (Fsp3) is 0.923. The number of ether oxygens (including phenoxy) is 1. The first-order valence-electron chi connectivity index (χ1n) is 6.33. The Morgan fingerprint density at radius 2 is 2.06 bits per heavy atom. The summed E-state index contributed by atoms with van der Waals surface area (Å²) in [5.41, 5.74) is 4.95. The summed E-state index contributed by atoms with van der Waals surface area (Å²) in [7, 11) is 0. The number of hydrogen-bond donors (Lipinski definition) is 1. The van der Waals surface area contributed by atoms with Gasteiger partial charge in [0.15, 0.2) is 0 Å². The van der Waals surface area contributed by atoms with Gasteiger partial charge in [-0.05, 0) is 20.3 Å². The molecule has 0 aromatic rings. The highest BCUT2D eigenvalue weighted by atomic mass is 16.5. The Balaban J connectivity index is 3.44. The molecule has 0 aliphatic heterocycles. The number of hydrogen-bond acceptors (Lipinski definition) is 3. The minimum absolute atomic E-state index is 0.284. The molecular formula is C13H26N2O. The molecule has 94 valence electrons. The topological polar surface area (TPSA) is 59.0 Å². The molecule has 3 nitrogen and oxygen atoms in total. The predicted octanol–water partition coefficient (Wildman–Crippen LogP) is 2.99. The quantitative estimate of drug-likeness (QED) is 0.615. The van der Waals surface area contributed by atoms with E-state index in [0.717, 1.165) is 6.42 Å². The summed E-state index contributed by atoms with van der Waals surface area (Å²) >= 11 is 0. The lowest BCUT2D eigenvalue weighted by molar-refractivity contribution is 0.0513. The van der Waals surface area contributed by atoms with Gasteiger partial charge in [-0.1, -0.05) is 32.6 Å². The maximum absolute atomic E-state index is 8.73. The molecule has 0 rings (SSSR count). The number of unbranched alkanes of at least 4 members (excludes halogenated alkanes) is 3. The van der Waals surface area contributed by atoms with Crippen LogP contribution in [0.15, 0.2) is 0 Å². The van der Waals surface area contributed by atoms with Gasteiger partial charge in [0.25, 0.3) is 0 Å². The van der Waals surface area contributed by atoms with E-state index in [-0.39, 0.29) is 6.10 Å². The van der Waals surface area contributed by atoms with E-state index in [9.17, 15) is 0 Å². The second kappa shape index (κ2) is 8.55. The largest absolute Gasteiger partial charge is 0.378 e. The molecule has 2 unspecified atom stereocenters. The van der Waals surface area contributed by atoms with Crippen molar-refractivity contribution in [3.8, 4) is 6.07 Å². The highest BCUT2D eigenvalue weighted by molar-refractivity contribution is 5.00. The van der Waals surface area contributed by atoms with E-state index in [2.05, 4.69) is 19.9 Å². The molecule has 0 bridgehead atoms. The van der Waals surface area contributed by atoms with E-state index in [1.165, 1.54) is 25.7 Å². The molecule has 0 saturated carbocycles. The van der Waals surface area contributed by atoms with Crippen molar-refractivity contribution in [1.82, 2.24) is 0 Å². The molecule has 2 N–H and O–H groups in total. The average molecular weight is 226 g/mol. The lowest BCUT2D eigenvalue weighted by Crippen LogP contribution is -2.35. The lowest BCUT2D eigenvalue weighted by Gasteiger charge is -2.18. The highest BCUT2D eigenvalue weighted by Crippen LogP contribution is 2.10. The SMILES string of the molecule is CCCCCCC(C)OCCC(C)(N)C#N. The standard InChI is InChI=1S/C13H26N2O/c1-4-5-6-7-8-12(2)16-10-9-13(3,15)11-14/h12H,4-10,15H2,1-3H3. The first-order chi connectivity index (χ1) is 7.52. The van der Waals surface area contributed by atoms with Crippen LogP contribution >= 0.6 is 0 Å². The van der Waals surface area contributed by atoms with Crippen LogP contribution in [0.1, 0.15) is 59.3 Å². The van der Waals surface area contributed by atoms with Crippen molar-refractivity contribution in [1.29, 1.82) is 5.26 Å². The van der Waals surface area contributed by atoms with E-state index in [0.29, 0.717) is 13.0 Å². The number of nitrogens with zero attached hydrogens (tertiary/aromatic N) is 1. The third kappa shape index (κ3) is 8.70. The van der Waals surface area contributed by atoms with Crippen molar-refractivity contribution >= 4 is 0 Å². The summed E-state index contributed by atoms with van der Waals surface area (Å²) in [6, 6.07) is 2.07. The Kier molecular flexibility index (Phi) is 8.23. The fourth-order valence-corrected chi connectivity index (χ4v) is 1.47. The van der Waals surface area contributed by atoms with E-state index in [1.54, 1.807) is 6.92 Å². The Morgan fingerprint density at radius 1 is 1.38 bits per heavy atom. The molecule has 0 spiro atoms. The number of nitriles is 1. The summed E-state index contributed by atoms with van der Waals surface area (Å²) in [4.78, 5) is 0. The van der Waals surface area contributed by atoms with Gasteiger partial charge in [-0.25, -0.2) is 0 Å². The smallest absolute Gasteiger partial charge is 0.103 e. The zero-order chi connectivity index (χ0) is 12.4. The van der Waals surface area contributed by atoms with Crippen molar-refractivity contribution in [3.63, 3.8) is 0 Å². The predicted molar refractivity (Wildman–Crippen MR) is 67.0 cm³/mol. The summed E-state index contributed by atoms with van der Waals surface area (Å²) in [6.45, 7) is 6.62. The molecule has 0 aliphatic carbocycles. The van der Waals surface area contributed by atoms with Crippen molar-refractivity contribution < 1.29 is 4.74 Å². The molecule has 16 heavy (non-hydrogen) atoms. The van der Waals surface area contributed by atoms with Crippen LogP contribution in [0.25, 0.3) is 0 Å². The van der Waals surface area contributed by atoms with Gasteiger partial charge >= 0.3 is 0 Å². The molecule has 0 heterocycles. The molecule has 3 heteroatoms. The Hall–Kier alpha value is -0.590. The van der Waals surface area contributed by atoms with Crippen molar-refractivity contribution in [2.24, 2.45) is 5.73 Å². The summed E-state index contributed by atoms with van der Waals surface area (Å²) in [6.07, 6.45) is 7.08. The molecule has 2 atom stereocenters. The fourth-order valence-electron chi connectivity index (χ4n) is 1.47. The van der Waals surface area contributed by atoms with Crippen molar-refractivity contribution in [2.75, 3.05) is 6.61 Å². The molecule has 0 fully saturated rings. The van der Waals surface area contributed by atoms with Crippen molar-refractivity contribution in [2.45, 2.75) is 70.9 Å². The van der Waals surface area contributed by atoms with Gasteiger partial charge < -0.3 is 10.5 Å². The third-order valence-corrected chi connectivity index (χ3v) is 2.74. The maximum Gasteiger partial charge on any atom is 0.103 e. The second-order valence-corrected chi connectivity index (χ2v) is 4.81. The lowest BCUT2D eigenvalue weighted by atomic mass is 10.0. The van der Waals surface area contributed by atoms with E-state index < -0.39 is 5.54 Å². The van der Waals surface area contributed by atoms with Crippen LogP contribution in [0.3, 0.4) is 0 Å². The van der Waals surface area contributed by atoms with Gasteiger partial charge in [0.1, 0.15) is 5.54 Å². The Morgan fingerprint density at radius 3 is 2.62 bits per heavy atom. The van der Waals surface area contributed by atoms with Crippen LogP contribution in [-0.4, -0.2) is 18.2 Å². The number of rotatable bonds is 9. The minimum Gasteiger partial charge on any atom is -0.378 e. The van der Waals surface area contributed by atoms with Gasteiger partial charge in [-0.2, -0.15) is 5.26 Å². The normalized spacial score (nSPS) is 16.4. The van der Waals surface area contributed by atoms with E-state index in [1.807, 2.05) is 0 Å². The maximum atomic E-state index is 8.73. The zero-order valence-electron chi connectivity index (χ0n) is 11.0. The first-order valence-corrected chi connectivity index (χ1v) is 6.33. The van der Waals surface area contributed by atoms with Gasteiger partial charge in [0.05, 0.1) is 12.2 Å². The molecule has 0 radical (unpaired) electrons. The summed E-state index contributed by atoms with van der Waals surface area (Å²) < 4.78 is 5.63. The monoisotopic (exact) mass is 226 g/mol. The molecular weight excluding hydrogens is 200 g/mol. The third-order valence-electron chi connectivity index (χ3n) is 2.74. The van der Waals surface area contributed by atoms with E-state index in [4.69, 9.17) is 15.7 Å². The van der Waals surface area contributed by atoms with Crippen LogP contribution in [0.2, 0.25) is 0 Å². The van der Waals surface area contributed by atoms with Crippen LogP contribution in [-0.2, 0) is 4.74 Å². The van der Waals surface area contributed by atoms with Crippen LogP contribution in [0.5, 0.6) is 0 Å². The molecule has 0 aromatic heterocycles. The van der Waals surface area contributed by atoms with Crippen LogP contribution in [0, 0.1) is 11.3 Å². The highest BCUT2D eigenvalue weighted by Gasteiger charge is 2.17. The zero-order valence-corrected chi connectivity index (χ0v) is 11.0. The Bertz CT molecular complexity index is 208. The summed E-state index contributed by atoms with van der Waals surface area (Å²) in [5.74, 6) is 0. The van der Waals surface area contributed by atoms with E-state index >= 15 is 0 Å². The second-order valence-electron chi connectivity index (χ2n) is 4.81. The van der Waals surface area contributed by atoms with Gasteiger partial charge in [0.2, 0.25) is 0 Å². The van der Waals surface area contributed by atoms with Gasteiger partial charge in [-0.15, -0.1) is 0 Å². The minimum atomic E-state index is -0.748. The molecule has 0 saturated heterocycles. The number of nitrogens with two attached hydrogens (primary N) is 1. The average Bonchev–Trinajstić information content (AvgIpc) is 2.24. The van der Waals surface area contributed by atoms with Gasteiger partial charge in [-0.3, -0.25) is 0 Å². The Labute approximate surface area is 100.0 Å². The van der Waals surface area contributed by atoms with Crippen molar-refractivity contribution in [3.05, 3.63) is 0 Å². The van der Waals surface area contributed by atoms with Gasteiger partial charge in [0, 0.05) is 13.0 Å². The molecule has 0 amide bonds. The first kappa shape index (κ1) is 15.4. The molecule has 0 aliphatic rings. The molecule has 0 aromatic carbocycles. The van der Waals surface area contributed by atoms with Crippen LogP contribution in [0.4, 0.5) is 0 Å². The summed E-state index contributed by atoms with van der Waals surface area (Å²) in [5, 5.41) is 8.73.